The van der Waals surface area contributed by atoms with Crippen LogP contribution in [0.1, 0.15) is 46.9 Å². The molecule has 8 heteroatoms. The smallest absolute Gasteiger partial charge is 0.337 e. The SMILES string of the molecule is CCCCCNc1ncc(C(=O)Nc2cc(C(=O)OC)ccc2Cl)cn1. The molecule has 0 saturated carbocycles. The van der Waals surface area contributed by atoms with Gasteiger partial charge < -0.3 is 15.4 Å². The molecule has 0 spiro atoms. The quantitative estimate of drug-likeness (QED) is 0.538. The van der Waals surface area contributed by atoms with Crippen molar-refractivity contribution in [2.24, 2.45) is 0 Å². The third kappa shape index (κ3) is 5.42. The number of esters is 1. The summed E-state index contributed by atoms with van der Waals surface area (Å²) in [4.78, 5) is 32.2. The van der Waals surface area contributed by atoms with Crippen molar-refractivity contribution in [2.75, 3.05) is 24.3 Å². The van der Waals surface area contributed by atoms with Crippen molar-refractivity contribution in [3.05, 3.63) is 46.7 Å². The Kier molecular flexibility index (Phi) is 7.35. The van der Waals surface area contributed by atoms with E-state index in [0.717, 1.165) is 25.8 Å². The van der Waals surface area contributed by atoms with Gasteiger partial charge in [-0.3, -0.25) is 4.79 Å². The maximum absolute atomic E-state index is 12.3. The topological polar surface area (TPSA) is 93.2 Å². The number of aromatic nitrogens is 2. The van der Waals surface area contributed by atoms with Gasteiger partial charge in [-0.05, 0) is 24.6 Å². The van der Waals surface area contributed by atoms with Crippen LogP contribution in [0.25, 0.3) is 0 Å². The van der Waals surface area contributed by atoms with Crippen LogP contribution in [0.5, 0.6) is 0 Å². The summed E-state index contributed by atoms with van der Waals surface area (Å²) in [6.07, 6.45) is 6.18. The summed E-state index contributed by atoms with van der Waals surface area (Å²) in [6.45, 7) is 2.92. The van der Waals surface area contributed by atoms with E-state index in [2.05, 4.69) is 32.3 Å². The van der Waals surface area contributed by atoms with Gasteiger partial charge in [-0.25, -0.2) is 14.8 Å². The second-order valence-corrected chi connectivity index (χ2v) is 5.98. The minimum absolute atomic E-state index is 0.281. The number of ether oxygens (including phenoxy) is 1. The first kappa shape index (κ1) is 19.7. The molecule has 0 saturated heterocycles. The molecule has 0 aliphatic carbocycles. The molecule has 26 heavy (non-hydrogen) atoms. The predicted octanol–water partition coefficient (Wildman–Crippen LogP) is 3.77. The molecule has 2 aromatic rings. The third-order valence-corrected chi connectivity index (χ3v) is 3.94. The highest BCUT2D eigenvalue weighted by molar-refractivity contribution is 6.34. The lowest BCUT2D eigenvalue weighted by molar-refractivity contribution is 0.0600. The summed E-state index contributed by atoms with van der Waals surface area (Å²) in [5.74, 6) is -0.464. The fraction of sp³-hybridized carbons (Fsp3) is 0.333. The molecular formula is C18H21ClN4O3. The third-order valence-electron chi connectivity index (χ3n) is 3.61. The Labute approximate surface area is 157 Å². The first-order chi connectivity index (χ1) is 12.5. The second-order valence-electron chi connectivity index (χ2n) is 5.57. The lowest BCUT2D eigenvalue weighted by atomic mass is 10.2. The summed E-state index contributed by atoms with van der Waals surface area (Å²) in [5.41, 5.74) is 0.875. The molecule has 1 aromatic carbocycles. The van der Waals surface area contributed by atoms with Gasteiger partial charge in [0.25, 0.3) is 5.91 Å². The number of rotatable bonds is 8. The van der Waals surface area contributed by atoms with Gasteiger partial charge in [0.15, 0.2) is 0 Å². The van der Waals surface area contributed by atoms with E-state index >= 15 is 0 Å². The minimum atomic E-state index is -0.515. The number of benzene rings is 1. The molecule has 0 aliphatic rings. The molecule has 0 atom stereocenters. The van der Waals surface area contributed by atoms with Gasteiger partial charge in [-0.1, -0.05) is 31.4 Å². The molecule has 7 nitrogen and oxygen atoms in total. The molecule has 0 aliphatic heterocycles. The number of halogens is 1. The van der Waals surface area contributed by atoms with Gasteiger partial charge in [0.2, 0.25) is 5.95 Å². The molecule has 0 radical (unpaired) electrons. The van der Waals surface area contributed by atoms with Crippen LogP contribution in [0.4, 0.5) is 11.6 Å². The maximum Gasteiger partial charge on any atom is 0.337 e. The highest BCUT2D eigenvalue weighted by Crippen LogP contribution is 2.24. The molecule has 0 unspecified atom stereocenters. The molecular weight excluding hydrogens is 356 g/mol. The number of nitrogens with one attached hydrogen (secondary N) is 2. The van der Waals surface area contributed by atoms with Crippen molar-refractivity contribution in [1.29, 1.82) is 0 Å². The highest BCUT2D eigenvalue weighted by Gasteiger charge is 2.13. The molecule has 2 rings (SSSR count). The van der Waals surface area contributed by atoms with Gasteiger partial charge in [-0.2, -0.15) is 0 Å². The fourth-order valence-electron chi connectivity index (χ4n) is 2.17. The fourth-order valence-corrected chi connectivity index (χ4v) is 2.34. The van der Waals surface area contributed by atoms with Gasteiger partial charge in [0.05, 0.1) is 28.9 Å². The monoisotopic (exact) mass is 376 g/mol. The number of unbranched alkanes of at least 4 members (excludes halogenated alkanes) is 2. The first-order valence-corrected chi connectivity index (χ1v) is 8.68. The Balaban J connectivity index is 2.02. The van der Waals surface area contributed by atoms with Crippen LogP contribution < -0.4 is 10.6 Å². The van der Waals surface area contributed by atoms with Crippen LogP contribution >= 0.6 is 11.6 Å². The zero-order valence-corrected chi connectivity index (χ0v) is 15.5. The Morgan fingerprint density at radius 1 is 1.15 bits per heavy atom. The second kappa shape index (κ2) is 9.72. The van der Waals surface area contributed by atoms with Crippen molar-refractivity contribution in [3.8, 4) is 0 Å². The summed E-state index contributed by atoms with van der Waals surface area (Å²) >= 11 is 6.08. The zero-order valence-electron chi connectivity index (χ0n) is 14.7. The van der Waals surface area contributed by atoms with Crippen molar-refractivity contribution in [2.45, 2.75) is 26.2 Å². The molecule has 1 amide bonds. The molecule has 0 fully saturated rings. The van der Waals surface area contributed by atoms with Crippen LogP contribution in [-0.2, 0) is 4.74 Å². The molecule has 138 valence electrons. The largest absolute Gasteiger partial charge is 0.465 e. The summed E-state index contributed by atoms with van der Waals surface area (Å²) in [7, 11) is 1.28. The van der Waals surface area contributed by atoms with Crippen LogP contribution in [-0.4, -0.2) is 35.5 Å². The molecule has 1 heterocycles. The lowest BCUT2D eigenvalue weighted by Crippen LogP contribution is -2.14. The van der Waals surface area contributed by atoms with Crippen molar-refractivity contribution < 1.29 is 14.3 Å². The van der Waals surface area contributed by atoms with Gasteiger partial charge in [0.1, 0.15) is 0 Å². The standard InChI is InChI=1S/C18H21ClN4O3/c1-3-4-5-8-20-18-21-10-13(11-22-18)16(24)23-15-9-12(17(25)26-2)6-7-14(15)19/h6-7,9-11H,3-5,8H2,1-2H3,(H,23,24)(H,20,21,22). The number of carbonyl (C=O) groups is 2. The number of nitrogens with zero attached hydrogens (tertiary/aromatic N) is 2. The predicted molar refractivity (Wildman–Crippen MR) is 101 cm³/mol. The van der Waals surface area contributed by atoms with Gasteiger partial charge >= 0.3 is 5.97 Å². The molecule has 0 bridgehead atoms. The number of hydrogen-bond acceptors (Lipinski definition) is 6. The Morgan fingerprint density at radius 3 is 2.54 bits per heavy atom. The number of amides is 1. The molecule has 2 N–H and O–H groups in total. The lowest BCUT2D eigenvalue weighted by Gasteiger charge is -2.09. The summed E-state index contributed by atoms with van der Waals surface area (Å²) in [6, 6.07) is 4.49. The van der Waals surface area contributed by atoms with E-state index in [1.807, 2.05) is 0 Å². The van der Waals surface area contributed by atoms with Gasteiger partial charge in [-0.15, -0.1) is 0 Å². The Morgan fingerprint density at radius 2 is 1.88 bits per heavy atom. The van der Waals surface area contributed by atoms with Gasteiger partial charge in [0, 0.05) is 18.9 Å². The minimum Gasteiger partial charge on any atom is -0.465 e. The summed E-state index contributed by atoms with van der Waals surface area (Å²) < 4.78 is 4.66. The number of hydrogen-bond donors (Lipinski definition) is 2. The normalized spacial score (nSPS) is 10.3. The van der Waals surface area contributed by atoms with E-state index < -0.39 is 11.9 Å². The average molecular weight is 377 g/mol. The van der Waals surface area contributed by atoms with Crippen molar-refractivity contribution in [1.82, 2.24) is 9.97 Å². The van der Waals surface area contributed by atoms with Crippen LogP contribution in [0.3, 0.4) is 0 Å². The van der Waals surface area contributed by atoms with Crippen molar-refractivity contribution >= 4 is 35.1 Å². The Bertz CT molecular complexity index is 766. The van der Waals surface area contributed by atoms with Crippen LogP contribution in [0.2, 0.25) is 5.02 Å². The zero-order chi connectivity index (χ0) is 18.9. The Hall–Kier alpha value is -2.67. The number of methoxy groups -OCH3 is 1. The van der Waals surface area contributed by atoms with E-state index in [0.29, 0.717) is 16.7 Å². The summed E-state index contributed by atoms with van der Waals surface area (Å²) in [5, 5.41) is 6.06. The molecule has 1 aromatic heterocycles. The van der Waals surface area contributed by atoms with E-state index in [4.69, 9.17) is 11.6 Å². The number of carbonyl (C=O) groups excluding carboxylic acids is 2. The highest BCUT2D eigenvalue weighted by atomic mass is 35.5. The number of anilines is 2. The van der Waals surface area contributed by atoms with E-state index in [-0.39, 0.29) is 11.1 Å². The van der Waals surface area contributed by atoms with E-state index in [9.17, 15) is 9.59 Å². The first-order valence-electron chi connectivity index (χ1n) is 8.30. The van der Waals surface area contributed by atoms with E-state index in [1.54, 1.807) is 0 Å². The average Bonchev–Trinajstić information content (AvgIpc) is 2.66. The van der Waals surface area contributed by atoms with Crippen LogP contribution in [0, 0.1) is 0 Å². The van der Waals surface area contributed by atoms with Crippen molar-refractivity contribution in [3.63, 3.8) is 0 Å². The van der Waals surface area contributed by atoms with E-state index in [1.165, 1.54) is 37.7 Å². The maximum atomic E-state index is 12.3. The van der Waals surface area contributed by atoms with Crippen LogP contribution in [0.15, 0.2) is 30.6 Å².